The fraction of sp³-hybridized carbons (Fsp3) is 0.439. The van der Waals surface area contributed by atoms with Crippen molar-refractivity contribution in [2.24, 2.45) is 4.99 Å². The molecule has 0 fully saturated rings. The molecule has 0 saturated carbocycles. The first-order valence-corrected chi connectivity index (χ1v) is 24.4. The normalized spacial score (nSPS) is 12.7. The molecule has 2 N–H and O–H groups in total. The van der Waals surface area contributed by atoms with Crippen LogP contribution in [-0.4, -0.2) is 28.5 Å². The quantitative estimate of drug-likeness (QED) is 0.0781. The van der Waals surface area contributed by atoms with E-state index in [1.165, 1.54) is 51.4 Å². The maximum Gasteiger partial charge on any atom is 0.154 e. The molecule has 0 saturated heterocycles. The fourth-order valence-electron chi connectivity index (χ4n) is 8.90. The van der Waals surface area contributed by atoms with Gasteiger partial charge in [-0.15, -0.1) is 0 Å². The van der Waals surface area contributed by atoms with Crippen molar-refractivity contribution < 1.29 is 27.5 Å². The van der Waals surface area contributed by atoms with E-state index in [4.69, 9.17) is 27.7 Å². The van der Waals surface area contributed by atoms with E-state index in [1.54, 1.807) is 0 Å². The van der Waals surface area contributed by atoms with Crippen LogP contribution in [-0.2, 0) is 0 Å². The Kier molecular flexibility index (Phi) is 17.6. The van der Waals surface area contributed by atoms with Crippen LogP contribution in [0.5, 0.6) is 11.5 Å². The number of H-pyrrole nitrogens is 2. The van der Waals surface area contributed by atoms with E-state index in [1.807, 2.05) is 83.3 Å². The summed E-state index contributed by atoms with van der Waals surface area (Å²) in [7, 11) is 0. The van der Waals surface area contributed by atoms with Gasteiger partial charge in [-0.25, -0.2) is 4.99 Å². The van der Waals surface area contributed by atoms with Crippen molar-refractivity contribution >= 4 is 40.1 Å². The lowest BCUT2D eigenvalue weighted by atomic mass is 9.91. The molecular weight excluding hydrogens is 823 g/mol. The Labute approximate surface area is 391 Å². The van der Waals surface area contributed by atoms with Gasteiger partial charge in [-0.2, -0.15) is 0 Å². The molecule has 0 atom stereocenters. The van der Waals surface area contributed by atoms with Crippen LogP contribution in [0.3, 0.4) is 0 Å². The summed E-state index contributed by atoms with van der Waals surface area (Å²) in [5.74, 6) is 4.57. The summed E-state index contributed by atoms with van der Waals surface area (Å²) >= 11 is 0. The zero-order valence-electron chi connectivity index (χ0n) is 41.5. The second-order valence-corrected chi connectivity index (χ2v) is 18.1. The number of benzene rings is 2. The number of rotatable bonds is 19. The molecule has 7 aromatic rings. The van der Waals surface area contributed by atoms with Crippen molar-refractivity contribution in [1.82, 2.24) is 9.97 Å². The molecule has 0 bridgehead atoms. The van der Waals surface area contributed by atoms with E-state index in [0.717, 1.165) is 144 Å². The third-order valence-corrected chi connectivity index (χ3v) is 12.2. The van der Waals surface area contributed by atoms with E-state index in [9.17, 15) is 4.79 Å². The Balaban J connectivity index is 0.000000205. The number of aldehydes is 1. The second kappa shape index (κ2) is 23.5. The van der Waals surface area contributed by atoms with Gasteiger partial charge in [0.25, 0.3) is 0 Å². The number of nitrogens with one attached hydrogen (secondary N) is 2. The van der Waals surface area contributed by atoms with Crippen LogP contribution in [0.4, 0.5) is 0 Å². The fourth-order valence-corrected chi connectivity index (χ4v) is 8.90. The summed E-state index contributed by atoms with van der Waals surface area (Å²) in [6.07, 6.45) is 19.4. The van der Waals surface area contributed by atoms with Crippen LogP contribution in [0.25, 0.3) is 33.8 Å². The van der Waals surface area contributed by atoms with Gasteiger partial charge in [0, 0.05) is 47.7 Å². The third-order valence-electron chi connectivity index (χ3n) is 12.2. The average Bonchev–Trinajstić information content (AvgIpc) is 4.13. The highest BCUT2D eigenvalue weighted by molar-refractivity contribution is 5.92. The topological polar surface area (TPSA) is 119 Å². The number of carbonyl (C=O) groups excluding carboxylic acids is 1. The van der Waals surface area contributed by atoms with E-state index in [0.29, 0.717) is 6.10 Å². The third kappa shape index (κ3) is 12.7. The lowest BCUT2D eigenvalue weighted by Crippen LogP contribution is -2.17. The number of aromatic amines is 2. The molecular formula is C57H73N3O6. The molecule has 0 unspecified atom stereocenters. The van der Waals surface area contributed by atoms with Crippen LogP contribution in [0, 0.1) is 48.5 Å². The number of aryl methyl sites for hydroxylation is 7. The van der Waals surface area contributed by atoms with Crippen LogP contribution in [0.1, 0.15) is 166 Å². The summed E-state index contributed by atoms with van der Waals surface area (Å²) in [6.45, 7) is 23.0. The van der Waals surface area contributed by atoms with E-state index >= 15 is 0 Å². The molecule has 352 valence electrons. The highest BCUT2D eigenvalue weighted by atomic mass is 16.5. The minimum Gasteiger partial charge on any atom is -0.490 e. The molecule has 0 radical (unpaired) electrons. The lowest BCUT2D eigenvalue weighted by molar-refractivity contribution is 0.112. The Morgan fingerprint density at radius 1 is 0.621 bits per heavy atom. The minimum absolute atomic E-state index is 0.262. The van der Waals surface area contributed by atoms with Crippen molar-refractivity contribution in [3.05, 3.63) is 134 Å². The van der Waals surface area contributed by atoms with Crippen molar-refractivity contribution in [1.29, 1.82) is 0 Å². The van der Waals surface area contributed by atoms with Gasteiger partial charge in [0.15, 0.2) is 22.9 Å². The molecule has 6 heterocycles. The predicted molar refractivity (Wildman–Crippen MR) is 269 cm³/mol. The highest BCUT2D eigenvalue weighted by Gasteiger charge is 2.22. The maximum absolute atomic E-state index is 11.0. The number of unbranched alkanes of at least 4 members (excludes halogenated alkanes) is 4. The molecule has 0 spiro atoms. The zero-order chi connectivity index (χ0) is 47.3. The number of nitrogens with zero attached hydrogens (tertiary/aromatic N) is 1. The van der Waals surface area contributed by atoms with Gasteiger partial charge in [-0.3, -0.25) is 4.79 Å². The molecule has 1 aliphatic heterocycles. The van der Waals surface area contributed by atoms with Crippen LogP contribution in [0.15, 0.2) is 84.7 Å². The molecule has 1 aliphatic rings. The van der Waals surface area contributed by atoms with Crippen molar-refractivity contribution in [2.45, 2.75) is 165 Å². The number of allylic oxidation sites excluding steroid dienone is 1. The smallest absolute Gasteiger partial charge is 0.154 e. The molecule has 9 heteroatoms. The molecule has 0 amide bonds. The summed E-state index contributed by atoms with van der Waals surface area (Å²) in [6, 6.07) is 18.3. The molecule has 9 nitrogen and oxygen atoms in total. The Morgan fingerprint density at radius 2 is 1.12 bits per heavy atom. The zero-order valence-corrected chi connectivity index (χ0v) is 41.5. The highest BCUT2D eigenvalue weighted by Crippen LogP contribution is 2.37. The summed E-state index contributed by atoms with van der Waals surface area (Å²) in [5.41, 5.74) is 13.8. The van der Waals surface area contributed by atoms with E-state index in [-0.39, 0.29) is 6.10 Å². The first-order chi connectivity index (χ1) is 31.8. The predicted octanol–water partition coefficient (Wildman–Crippen LogP) is 14.9. The lowest BCUT2D eigenvalue weighted by Gasteiger charge is -2.22. The summed E-state index contributed by atoms with van der Waals surface area (Å²) in [5, 5.41) is 0.876. The monoisotopic (exact) mass is 896 g/mol. The SMILES string of the molecule is CCCCC(CCCC)Oc1cc(C)c(/C(=C2\C=c3oc(C)cc3=N2)c2cc3oc(C)cc3[nH]2)c(C)c1.CCCCC(CCCC)Oc1cc(C)c(C=O)c(C)c1.Cc1cc2[nH]ccc2o1. The molecule has 8 rings (SSSR count). The average molecular weight is 896 g/mol. The van der Waals surface area contributed by atoms with Crippen molar-refractivity contribution in [3.8, 4) is 11.5 Å². The standard InChI is InChI=1S/C32H38N2O3.C18H28O2.C7H7NO/c1-7-9-11-23(12-10-8-2)37-24-13-19(3)31(20(4)14-24)32(27-17-29-25(33-27)15-21(5)35-29)28-18-30-26(34-28)16-22(6)36-30;1-5-7-9-16(10-8-6-2)20-17-11-14(3)18(13-19)15(4)12-17;1-5-4-6-7(9-5)2-3-8-6/h13-18,23,33H,7-12H2,1-6H3;11-13,16H,5-10H2,1-4H3;2-4,8H,1H3/b32-28+;;. The van der Waals surface area contributed by atoms with Gasteiger partial charge in [-0.05, 0) is 132 Å². The van der Waals surface area contributed by atoms with Gasteiger partial charge in [-0.1, -0.05) is 79.1 Å². The van der Waals surface area contributed by atoms with Gasteiger partial charge >= 0.3 is 0 Å². The number of furan rings is 3. The van der Waals surface area contributed by atoms with Crippen LogP contribution < -0.4 is 20.2 Å². The first kappa shape index (κ1) is 49.5. The van der Waals surface area contributed by atoms with Gasteiger partial charge < -0.3 is 32.7 Å². The van der Waals surface area contributed by atoms with Gasteiger partial charge in [0.1, 0.15) is 34.1 Å². The number of fused-ring (bicyclic) bond motifs is 3. The molecule has 66 heavy (non-hydrogen) atoms. The van der Waals surface area contributed by atoms with Gasteiger partial charge in [0.05, 0.1) is 34.6 Å². The molecule has 5 aromatic heterocycles. The molecule has 2 aromatic carbocycles. The largest absolute Gasteiger partial charge is 0.490 e. The van der Waals surface area contributed by atoms with Gasteiger partial charge in [0.2, 0.25) is 0 Å². The Bertz CT molecular complexity index is 2680. The minimum atomic E-state index is 0.262. The summed E-state index contributed by atoms with van der Waals surface area (Å²) in [4.78, 5) is 22.6. The van der Waals surface area contributed by atoms with E-state index < -0.39 is 0 Å². The van der Waals surface area contributed by atoms with E-state index in [2.05, 4.69) is 69.7 Å². The summed E-state index contributed by atoms with van der Waals surface area (Å²) < 4.78 is 29.8. The Hall–Kier alpha value is -5.96. The van der Waals surface area contributed by atoms with Crippen LogP contribution >= 0.6 is 0 Å². The second-order valence-electron chi connectivity index (χ2n) is 18.1. The number of aromatic nitrogens is 2. The number of hydrogen-bond acceptors (Lipinski definition) is 7. The Morgan fingerprint density at radius 3 is 1.61 bits per heavy atom. The number of carbonyl (C=O) groups is 1. The van der Waals surface area contributed by atoms with Crippen molar-refractivity contribution in [3.63, 3.8) is 0 Å². The maximum atomic E-state index is 11.0. The first-order valence-electron chi connectivity index (χ1n) is 24.4. The van der Waals surface area contributed by atoms with Crippen molar-refractivity contribution in [2.75, 3.05) is 0 Å². The number of hydrogen-bond donors (Lipinski definition) is 2. The molecule has 0 aliphatic carbocycles. The number of ether oxygens (including phenoxy) is 2. The van der Waals surface area contributed by atoms with Crippen LogP contribution in [0.2, 0.25) is 0 Å².